The molecular weight excluding hydrogens is 292 g/mol. The highest BCUT2D eigenvalue weighted by molar-refractivity contribution is 5.31. The Labute approximate surface area is 148 Å². The van der Waals surface area contributed by atoms with Gasteiger partial charge in [0, 0.05) is 6.42 Å². The lowest BCUT2D eigenvalue weighted by Crippen LogP contribution is -2.35. The predicted octanol–water partition coefficient (Wildman–Crippen LogP) is 5.86. The van der Waals surface area contributed by atoms with E-state index >= 15 is 0 Å². The van der Waals surface area contributed by atoms with Crippen molar-refractivity contribution in [2.45, 2.75) is 84.6 Å². The van der Waals surface area contributed by atoms with Gasteiger partial charge in [0.25, 0.3) is 5.82 Å². The minimum absolute atomic E-state index is 1.05. The number of benzene rings is 1. The summed E-state index contributed by atoms with van der Waals surface area (Å²) in [4.78, 5) is 0. The molecule has 0 aliphatic rings. The second-order valence-corrected chi connectivity index (χ2v) is 6.78. The van der Waals surface area contributed by atoms with Gasteiger partial charge >= 0.3 is 0 Å². The van der Waals surface area contributed by atoms with E-state index in [4.69, 9.17) is 0 Å². The van der Waals surface area contributed by atoms with Gasteiger partial charge in [-0.1, -0.05) is 76.5 Å². The van der Waals surface area contributed by atoms with Crippen molar-refractivity contribution in [2.75, 3.05) is 0 Å². The molecule has 1 aromatic carbocycles. The zero-order chi connectivity index (χ0) is 17.0. The van der Waals surface area contributed by atoms with Crippen molar-refractivity contribution < 1.29 is 4.57 Å². The highest BCUT2D eigenvalue weighted by Gasteiger charge is 2.16. The molecule has 1 heterocycles. The Morgan fingerprint density at radius 3 is 2.04 bits per heavy atom. The van der Waals surface area contributed by atoms with E-state index in [1.165, 1.54) is 75.7 Å². The number of rotatable bonds is 12. The van der Waals surface area contributed by atoms with Crippen molar-refractivity contribution in [3.05, 3.63) is 48.5 Å². The van der Waals surface area contributed by atoms with Crippen LogP contribution in [0.25, 0.3) is 5.69 Å². The molecule has 0 aliphatic carbocycles. The van der Waals surface area contributed by atoms with Gasteiger partial charge < -0.3 is 0 Å². The molecule has 0 amide bonds. The summed E-state index contributed by atoms with van der Waals surface area (Å²) in [5.74, 6) is 1.44. The van der Waals surface area contributed by atoms with Gasteiger partial charge in [-0.25, -0.2) is 4.57 Å². The maximum Gasteiger partial charge on any atom is 0.261 e. The fourth-order valence-electron chi connectivity index (χ4n) is 3.43. The summed E-state index contributed by atoms with van der Waals surface area (Å²) in [7, 11) is 0. The van der Waals surface area contributed by atoms with Crippen LogP contribution in [0.15, 0.2) is 42.7 Å². The highest BCUT2D eigenvalue weighted by Crippen LogP contribution is 2.14. The monoisotopic (exact) mass is 327 g/mol. The number of hydrogen-bond acceptors (Lipinski definition) is 0. The molecular formula is C22H35N2+. The number of para-hydroxylation sites is 1. The van der Waals surface area contributed by atoms with E-state index in [2.05, 4.69) is 65.7 Å². The average Bonchev–Trinajstić information content (AvgIpc) is 3.04. The third-order valence-electron chi connectivity index (χ3n) is 4.88. The van der Waals surface area contributed by atoms with E-state index < -0.39 is 0 Å². The lowest BCUT2D eigenvalue weighted by Gasteiger charge is -2.05. The second kappa shape index (κ2) is 11.1. The van der Waals surface area contributed by atoms with Crippen LogP contribution in [0.5, 0.6) is 0 Å². The van der Waals surface area contributed by atoms with Crippen molar-refractivity contribution in [3.63, 3.8) is 0 Å². The molecule has 0 saturated carbocycles. The molecule has 2 rings (SSSR count). The summed E-state index contributed by atoms with van der Waals surface area (Å²) < 4.78 is 4.74. The van der Waals surface area contributed by atoms with Crippen molar-refractivity contribution in [1.29, 1.82) is 0 Å². The predicted molar refractivity (Wildman–Crippen MR) is 103 cm³/mol. The molecule has 24 heavy (non-hydrogen) atoms. The molecule has 2 nitrogen and oxygen atoms in total. The minimum atomic E-state index is 1.05. The van der Waals surface area contributed by atoms with Crippen LogP contribution in [0.4, 0.5) is 0 Å². The first kappa shape index (κ1) is 18.8. The SMILES string of the molecule is CCCCCCCCCCCc1n(-c2ccccc2)cc[n+]1CC. The van der Waals surface area contributed by atoms with Crippen LogP contribution in [0.3, 0.4) is 0 Å². The fraction of sp³-hybridized carbons (Fsp3) is 0.591. The average molecular weight is 328 g/mol. The Kier molecular flexibility index (Phi) is 8.65. The molecule has 0 saturated heterocycles. The number of hydrogen-bond donors (Lipinski definition) is 0. The Hall–Kier alpha value is -1.57. The smallest absolute Gasteiger partial charge is 0.234 e. The van der Waals surface area contributed by atoms with Crippen LogP contribution < -0.4 is 4.57 Å². The van der Waals surface area contributed by atoms with E-state index in [1.54, 1.807) is 0 Å². The third kappa shape index (κ3) is 5.81. The van der Waals surface area contributed by atoms with E-state index in [0.717, 1.165) is 6.54 Å². The summed E-state index contributed by atoms with van der Waals surface area (Å²) in [5, 5.41) is 0. The number of unbranched alkanes of at least 4 members (excludes halogenated alkanes) is 8. The molecule has 0 N–H and O–H groups in total. The molecule has 1 aromatic heterocycles. The Bertz CT molecular complexity index is 557. The largest absolute Gasteiger partial charge is 0.261 e. The van der Waals surface area contributed by atoms with Crippen molar-refractivity contribution in [2.24, 2.45) is 0 Å². The summed E-state index contributed by atoms with van der Waals surface area (Å²) in [6, 6.07) is 10.7. The van der Waals surface area contributed by atoms with E-state index in [-0.39, 0.29) is 0 Å². The molecule has 0 atom stereocenters. The van der Waals surface area contributed by atoms with Crippen molar-refractivity contribution in [1.82, 2.24) is 4.57 Å². The first-order chi connectivity index (χ1) is 11.9. The van der Waals surface area contributed by atoms with E-state index in [1.807, 2.05) is 0 Å². The van der Waals surface area contributed by atoms with Gasteiger partial charge in [-0.05, 0) is 25.5 Å². The standard InChI is InChI=1S/C22H35N2/c1-3-5-6-7-8-9-10-11-15-18-22-23(4-2)19-20-24(22)21-16-13-12-14-17-21/h12-14,16-17,19-20H,3-11,15,18H2,1-2H3/q+1. The molecule has 0 spiro atoms. The van der Waals surface area contributed by atoms with Gasteiger partial charge in [-0.2, -0.15) is 4.57 Å². The molecule has 2 aromatic rings. The molecule has 0 unspecified atom stereocenters. The highest BCUT2D eigenvalue weighted by atomic mass is 15.1. The summed E-state index contributed by atoms with van der Waals surface area (Å²) in [6.07, 6.45) is 18.1. The number of aromatic nitrogens is 2. The van der Waals surface area contributed by atoms with Gasteiger partial charge in [-0.15, -0.1) is 0 Å². The van der Waals surface area contributed by atoms with Gasteiger partial charge in [0.2, 0.25) is 0 Å². The topological polar surface area (TPSA) is 8.81 Å². The van der Waals surface area contributed by atoms with Crippen molar-refractivity contribution >= 4 is 0 Å². The first-order valence-corrected chi connectivity index (χ1v) is 10.0. The Balaban J connectivity index is 1.77. The quantitative estimate of drug-likeness (QED) is 0.341. The maximum absolute atomic E-state index is 2.39. The van der Waals surface area contributed by atoms with Gasteiger partial charge in [0.15, 0.2) is 0 Å². The van der Waals surface area contributed by atoms with Gasteiger partial charge in [-0.3, -0.25) is 0 Å². The number of aryl methyl sites for hydroxylation is 1. The van der Waals surface area contributed by atoms with Crippen molar-refractivity contribution in [3.8, 4) is 5.69 Å². The third-order valence-corrected chi connectivity index (χ3v) is 4.88. The van der Waals surface area contributed by atoms with Crippen LogP contribution in [0.2, 0.25) is 0 Å². The van der Waals surface area contributed by atoms with E-state index in [0.29, 0.717) is 0 Å². The summed E-state index contributed by atoms with van der Waals surface area (Å²) in [5.41, 5.74) is 1.27. The minimum Gasteiger partial charge on any atom is -0.234 e. The lowest BCUT2D eigenvalue weighted by molar-refractivity contribution is -0.700. The number of imidazole rings is 1. The van der Waals surface area contributed by atoms with E-state index in [9.17, 15) is 0 Å². The summed E-state index contributed by atoms with van der Waals surface area (Å²) in [6.45, 7) is 5.57. The van der Waals surface area contributed by atoms with Crippen LogP contribution in [-0.2, 0) is 13.0 Å². The normalized spacial score (nSPS) is 11.1. The number of nitrogens with zero attached hydrogens (tertiary/aromatic N) is 2. The van der Waals surface area contributed by atoms with Gasteiger partial charge in [0.05, 0.1) is 6.54 Å². The Morgan fingerprint density at radius 2 is 1.42 bits per heavy atom. The first-order valence-electron chi connectivity index (χ1n) is 10.0. The zero-order valence-electron chi connectivity index (χ0n) is 15.7. The molecule has 0 fully saturated rings. The molecule has 0 radical (unpaired) electrons. The molecule has 132 valence electrons. The van der Waals surface area contributed by atoms with Gasteiger partial charge in [0.1, 0.15) is 18.1 Å². The second-order valence-electron chi connectivity index (χ2n) is 6.78. The molecule has 0 aliphatic heterocycles. The fourth-order valence-corrected chi connectivity index (χ4v) is 3.43. The summed E-state index contributed by atoms with van der Waals surface area (Å²) >= 11 is 0. The van der Waals surface area contributed by atoms with Crippen LogP contribution in [0, 0.1) is 0 Å². The lowest BCUT2D eigenvalue weighted by atomic mass is 10.1. The van der Waals surface area contributed by atoms with Crippen LogP contribution >= 0.6 is 0 Å². The zero-order valence-corrected chi connectivity index (χ0v) is 15.7. The van der Waals surface area contributed by atoms with Crippen LogP contribution in [-0.4, -0.2) is 4.57 Å². The maximum atomic E-state index is 2.39. The molecule has 0 bridgehead atoms. The van der Waals surface area contributed by atoms with Crippen LogP contribution in [0.1, 0.15) is 77.5 Å². The Morgan fingerprint density at radius 1 is 0.792 bits per heavy atom. The molecule has 2 heteroatoms.